The minimum Gasteiger partial charge on any atom is -0.481 e. The maximum Gasteiger partial charge on any atom is 0.308 e. The molecule has 1 fully saturated rings. The number of amides is 2. The molecule has 16 heavy (non-hydrogen) atoms. The lowest BCUT2D eigenvalue weighted by atomic mass is 9.99. The molecular weight excluding hydrogens is 212 g/mol. The average molecular weight is 228 g/mol. The molecule has 1 heterocycles. The summed E-state index contributed by atoms with van der Waals surface area (Å²) in [5.41, 5.74) is 0. The van der Waals surface area contributed by atoms with Gasteiger partial charge in [-0.2, -0.15) is 0 Å². The Morgan fingerprint density at radius 1 is 1.38 bits per heavy atom. The number of hydrogen-bond donors (Lipinski definition) is 2. The number of carboxylic acid groups (broad SMARTS) is 1. The summed E-state index contributed by atoms with van der Waals surface area (Å²) < 4.78 is 0. The zero-order valence-electron chi connectivity index (χ0n) is 9.40. The number of carboxylic acids is 1. The molecule has 2 N–H and O–H groups in total. The van der Waals surface area contributed by atoms with Crippen molar-refractivity contribution in [3.63, 3.8) is 0 Å². The van der Waals surface area contributed by atoms with E-state index < -0.39 is 11.9 Å². The van der Waals surface area contributed by atoms with Gasteiger partial charge >= 0.3 is 5.97 Å². The normalized spacial score (nSPS) is 24.2. The van der Waals surface area contributed by atoms with Crippen LogP contribution in [0.15, 0.2) is 0 Å². The Bertz CT molecular complexity index is 316. The molecule has 2 amide bonds. The summed E-state index contributed by atoms with van der Waals surface area (Å²) in [5, 5.41) is 11.3. The van der Waals surface area contributed by atoms with Gasteiger partial charge in [-0.1, -0.05) is 6.92 Å². The summed E-state index contributed by atoms with van der Waals surface area (Å²) in [4.78, 5) is 34.5. The van der Waals surface area contributed by atoms with E-state index in [1.165, 1.54) is 11.8 Å². The van der Waals surface area contributed by atoms with Crippen LogP contribution in [0.5, 0.6) is 0 Å². The van der Waals surface area contributed by atoms with Crippen molar-refractivity contribution in [1.82, 2.24) is 10.2 Å². The molecule has 1 rings (SSSR count). The summed E-state index contributed by atoms with van der Waals surface area (Å²) in [6, 6.07) is 0. The molecule has 0 spiro atoms. The number of rotatable bonds is 3. The standard InChI is InChI=1S/C10H16N2O4/c1-6-4-12(5-8(6)10(15)16)9(14)3-11-7(2)13/h6,8H,3-5H2,1-2H3,(H,11,13)(H,15,16)/t6-,8-/m1/s1. The fraction of sp³-hybridized carbons (Fsp3) is 0.700. The summed E-state index contributed by atoms with van der Waals surface area (Å²) in [6.07, 6.45) is 0. The van der Waals surface area contributed by atoms with Crippen LogP contribution in [0.25, 0.3) is 0 Å². The van der Waals surface area contributed by atoms with Gasteiger partial charge in [0.25, 0.3) is 0 Å². The lowest BCUT2D eigenvalue weighted by Gasteiger charge is -2.15. The summed E-state index contributed by atoms with van der Waals surface area (Å²) in [5.74, 6) is -1.91. The highest BCUT2D eigenvalue weighted by atomic mass is 16.4. The summed E-state index contributed by atoms with van der Waals surface area (Å²) in [7, 11) is 0. The van der Waals surface area contributed by atoms with Gasteiger partial charge in [0, 0.05) is 20.0 Å². The predicted octanol–water partition coefficient (Wildman–Crippen LogP) is -0.698. The molecule has 0 saturated carbocycles. The molecule has 1 aliphatic heterocycles. The molecule has 1 aliphatic rings. The highest BCUT2D eigenvalue weighted by Crippen LogP contribution is 2.22. The van der Waals surface area contributed by atoms with Crippen molar-refractivity contribution in [2.75, 3.05) is 19.6 Å². The number of aliphatic carboxylic acids is 1. The lowest BCUT2D eigenvalue weighted by Crippen LogP contribution is -2.38. The van der Waals surface area contributed by atoms with Crippen LogP contribution in [0.3, 0.4) is 0 Å². The van der Waals surface area contributed by atoms with Gasteiger partial charge in [-0.3, -0.25) is 14.4 Å². The largest absolute Gasteiger partial charge is 0.481 e. The second kappa shape index (κ2) is 4.96. The second-order valence-electron chi connectivity index (χ2n) is 4.13. The van der Waals surface area contributed by atoms with Crippen molar-refractivity contribution in [3.05, 3.63) is 0 Å². The zero-order valence-corrected chi connectivity index (χ0v) is 9.40. The first-order valence-electron chi connectivity index (χ1n) is 5.17. The predicted molar refractivity (Wildman–Crippen MR) is 55.6 cm³/mol. The van der Waals surface area contributed by atoms with Gasteiger partial charge < -0.3 is 15.3 Å². The Balaban J connectivity index is 2.48. The van der Waals surface area contributed by atoms with E-state index >= 15 is 0 Å². The molecule has 1 saturated heterocycles. The molecule has 6 nitrogen and oxygen atoms in total. The SMILES string of the molecule is CC(=O)NCC(=O)N1C[C@@H](C)[C@H](C(=O)O)C1. The molecule has 0 aromatic rings. The van der Waals surface area contributed by atoms with Gasteiger partial charge in [-0.15, -0.1) is 0 Å². The highest BCUT2D eigenvalue weighted by molar-refractivity contribution is 5.84. The number of nitrogens with one attached hydrogen (secondary N) is 1. The third-order valence-electron chi connectivity index (χ3n) is 2.77. The van der Waals surface area contributed by atoms with E-state index in [2.05, 4.69) is 5.32 Å². The van der Waals surface area contributed by atoms with E-state index in [1.807, 2.05) is 6.92 Å². The van der Waals surface area contributed by atoms with Crippen molar-refractivity contribution in [3.8, 4) is 0 Å². The molecule has 0 bridgehead atoms. The van der Waals surface area contributed by atoms with Crippen LogP contribution < -0.4 is 5.32 Å². The smallest absolute Gasteiger partial charge is 0.308 e. The fourth-order valence-corrected chi connectivity index (χ4v) is 1.80. The van der Waals surface area contributed by atoms with Gasteiger partial charge in [0.1, 0.15) is 0 Å². The van der Waals surface area contributed by atoms with Gasteiger partial charge in [0.05, 0.1) is 12.5 Å². The highest BCUT2D eigenvalue weighted by Gasteiger charge is 2.36. The molecule has 0 radical (unpaired) electrons. The van der Waals surface area contributed by atoms with Crippen LogP contribution in [0.2, 0.25) is 0 Å². The van der Waals surface area contributed by atoms with Crippen LogP contribution in [0, 0.1) is 11.8 Å². The van der Waals surface area contributed by atoms with Gasteiger partial charge in [-0.05, 0) is 5.92 Å². The van der Waals surface area contributed by atoms with E-state index in [0.29, 0.717) is 6.54 Å². The Hall–Kier alpha value is -1.59. The van der Waals surface area contributed by atoms with Gasteiger partial charge in [0.2, 0.25) is 11.8 Å². The number of nitrogens with zero attached hydrogens (tertiary/aromatic N) is 1. The second-order valence-corrected chi connectivity index (χ2v) is 4.13. The number of likely N-dealkylation sites (tertiary alicyclic amines) is 1. The minimum atomic E-state index is -0.873. The van der Waals surface area contributed by atoms with E-state index in [1.54, 1.807) is 0 Å². The van der Waals surface area contributed by atoms with E-state index in [4.69, 9.17) is 5.11 Å². The van der Waals surface area contributed by atoms with Crippen molar-refractivity contribution in [2.45, 2.75) is 13.8 Å². The summed E-state index contributed by atoms with van der Waals surface area (Å²) in [6.45, 7) is 3.75. The Kier molecular flexibility index (Phi) is 3.87. The molecular formula is C10H16N2O4. The van der Waals surface area contributed by atoms with Crippen LogP contribution in [-0.4, -0.2) is 47.4 Å². The van der Waals surface area contributed by atoms with Crippen LogP contribution >= 0.6 is 0 Å². The first-order chi connectivity index (χ1) is 7.41. The maximum atomic E-state index is 11.6. The third kappa shape index (κ3) is 2.95. The topological polar surface area (TPSA) is 86.7 Å². The summed E-state index contributed by atoms with van der Waals surface area (Å²) >= 11 is 0. The quantitative estimate of drug-likeness (QED) is 0.669. The molecule has 2 atom stereocenters. The molecule has 0 unspecified atom stereocenters. The zero-order chi connectivity index (χ0) is 12.3. The number of carbonyl (C=O) groups is 3. The number of carbonyl (C=O) groups excluding carboxylic acids is 2. The van der Waals surface area contributed by atoms with Crippen molar-refractivity contribution in [2.24, 2.45) is 11.8 Å². The molecule has 0 aliphatic carbocycles. The van der Waals surface area contributed by atoms with Crippen molar-refractivity contribution >= 4 is 17.8 Å². The van der Waals surface area contributed by atoms with Crippen molar-refractivity contribution in [1.29, 1.82) is 0 Å². The average Bonchev–Trinajstić information content (AvgIpc) is 2.56. The van der Waals surface area contributed by atoms with Gasteiger partial charge in [-0.25, -0.2) is 0 Å². The fourth-order valence-electron chi connectivity index (χ4n) is 1.80. The van der Waals surface area contributed by atoms with Crippen molar-refractivity contribution < 1.29 is 19.5 Å². The third-order valence-corrected chi connectivity index (χ3v) is 2.77. The first kappa shape index (κ1) is 12.5. The van der Waals surface area contributed by atoms with Crippen LogP contribution in [0.1, 0.15) is 13.8 Å². The van der Waals surface area contributed by atoms with E-state index in [9.17, 15) is 14.4 Å². The monoisotopic (exact) mass is 228 g/mol. The van der Waals surface area contributed by atoms with Crippen LogP contribution in [0.4, 0.5) is 0 Å². The Morgan fingerprint density at radius 2 is 2.00 bits per heavy atom. The molecule has 90 valence electrons. The maximum absolute atomic E-state index is 11.6. The Morgan fingerprint density at radius 3 is 2.44 bits per heavy atom. The molecule has 0 aromatic heterocycles. The molecule has 6 heteroatoms. The Labute approximate surface area is 93.6 Å². The molecule has 0 aromatic carbocycles. The van der Waals surface area contributed by atoms with E-state index in [-0.39, 0.29) is 30.8 Å². The first-order valence-corrected chi connectivity index (χ1v) is 5.17. The minimum absolute atomic E-state index is 0.0428. The van der Waals surface area contributed by atoms with E-state index in [0.717, 1.165) is 0 Å². The van der Waals surface area contributed by atoms with Gasteiger partial charge in [0.15, 0.2) is 0 Å². The lowest BCUT2D eigenvalue weighted by molar-refractivity contribution is -0.142. The van der Waals surface area contributed by atoms with Crippen LogP contribution in [-0.2, 0) is 14.4 Å². The number of hydrogen-bond acceptors (Lipinski definition) is 3.